The van der Waals surface area contributed by atoms with Gasteiger partial charge in [-0.1, -0.05) is 91.5 Å². The first-order valence-corrected chi connectivity index (χ1v) is 17.0. The van der Waals surface area contributed by atoms with Gasteiger partial charge < -0.3 is 14.6 Å². The van der Waals surface area contributed by atoms with Crippen molar-refractivity contribution in [3.05, 3.63) is 208 Å². The molecule has 0 aliphatic heterocycles. The van der Waals surface area contributed by atoms with Gasteiger partial charge in [-0.05, 0) is 95.1 Å². The molecule has 3 aliphatic rings. The average molecular weight is 653 g/mol. The smallest absolute Gasteiger partial charge is 0.306 e. The first-order chi connectivity index (χ1) is 25.2. The summed E-state index contributed by atoms with van der Waals surface area (Å²) in [6, 6.07) is 57.4. The maximum atomic E-state index is 9.99. The molecule has 0 fully saturated rings. The van der Waals surface area contributed by atoms with Crippen LogP contribution in [-0.2, 0) is 5.41 Å². The highest BCUT2D eigenvalue weighted by Crippen LogP contribution is 2.77. The van der Waals surface area contributed by atoms with Gasteiger partial charge in [-0.2, -0.15) is 5.26 Å². The lowest BCUT2D eigenvalue weighted by Gasteiger charge is -2.57. The zero-order valence-corrected chi connectivity index (χ0v) is 27.3. The Morgan fingerprint density at radius 3 is 1.51 bits per heavy atom. The molecule has 0 radical (unpaired) electrons. The lowest BCUT2D eigenvalue weighted by atomic mass is 9.43. The molecular formula is C45H28N6. The molecule has 7 aromatic rings. The Bertz CT molecular complexity index is 2500. The van der Waals surface area contributed by atoms with E-state index in [2.05, 4.69) is 154 Å². The van der Waals surface area contributed by atoms with E-state index in [1.165, 1.54) is 22.3 Å². The molecule has 10 rings (SSSR count). The maximum absolute atomic E-state index is 9.99. The van der Waals surface area contributed by atoms with Gasteiger partial charge in [0.25, 0.3) is 0 Å². The molecule has 6 heteroatoms. The number of para-hydroxylation sites is 4. The van der Waals surface area contributed by atoms with Crippen LogP contribution in [0.2, 0.25) is 0 Å². The monoisotopic (exact) mass is 652 g/mol. The van der Waals surface area contributed by atoms with Crippen molar-refractivity contribution < 1.29 is 0 Å². The Kier molecular flexibility index (Phi) is 6.24. The minimum Gasteiger partial charge on any atom is -0.358 e. The average Bonchev–Trinajstić information content (AvgIpc) is 3.39. The summed E-state index contributed by atoms with van der Waals surface area (Å²) >= 11 is 0. The molecule has 1 aromatic heterocycles. The molecule has 51 heavy (non-hydrogen) atoms. The number of hydrogen-bond donors (Lipinski definition) is 0. The molecule has 0 saturated carbocycles. The van der Waals surface area contributed by atoms with Crippen LogP contribution in [0.5, 0.6) is 0 Å². The number of fused-ring (bicyclic) bond motifs is 7. The summed E-state index contributed by atoms with van der Waals surface area (Å²) in [5.74, 6) is -0.0941. The van der Waals surface area contributed by atoms with Gasteiger partial charge in [-0.3, -0.25) is 0 Å². The number of hydrogen-bond acceptors (Lipinski definition) is 5. The van der Waals surface area contributed by atoms with Crippen molar-refractivity contribution in [2.75, 3.05) is 9.80 Å². The van der Waals surface area contributed by atoms with Crippen molar-refractivity contribution in [3.8, 4) is 6.07 Å². The number of aromatic nitrogens is 2. The van der Waals surface area contributed by atoms with Crippen LogP contribution < -0.4 is 9.80 Å². The third-order valence-electron chi connectivity index (χ3n) is 10.8. The highest BCUT2D eigenvalue weighted by molar-refractivity contribution is 5.85. The predicted molar refractivity (Wildman–Crippen MR) is 200 cm³/mol. The Balaban J connectivity index is 1.18. The number of nitrogens with zero attached hydrogens (tertiary/aromatic N) is 6. The van der Waals surface area contributed by atoms with Gasteiger partial charge in [0.15, 0.2) is 11.4 Å². The molecule has 1 heterocycles. The van der Waals surface area contributed by atoms with E-state index in [4.69, 9.17) is 16.5 Å². The molecule has 6 nitrogen and oxygen atoms in total. The van der Waals surface area contributed by atoms with Crippen LogP contribution in [0.25, 0.3) is 4.85 Å². The molecule has 3 aliphatic carbocycles. The lowest BCUT2D eigenvalue weighted by Crippen LogP contribution is -2.52. The van der Waals surface area contributed by atoms with Crippen LogP contribution in [0.3, 0.4) is 0 Å². The Morgan fingerprint density at radius 1 is 0.529 bits per heavy atom. The van der Waals surface area contributed by atoms with E-state index in [1.54, 1.807) is 0 Å². The SMILES string of the molecule is [C-]#[N+]c1nc2c(nc1C#N)C1c3ccc(N(c4ccccc4)c4ccccc4)cc3C13c1ccc(N(c4ccccc4)c4ccccc4)cc1C23. The highest BCUT2D eigenvalue weighted by atomic mass is 15.1. The van der Waals surface area contributed by atoms with Crippen LogP contribution >= 0.6 is 0 Å². The van der Waals surface area contributed by atoms with Gasteiger partial charge in [0, 0.05) is 45.5 Å². The summed E-state index contributed by atoms with van der Waals surface area (Å²) in [4.78, 5) is 18.0. The van der Waals surface area contributed by atoms with Gasteiger partial charge in [-0.15, -0.1) is 4.98 Å². The van der Waals surface area contributed by atoms with Crippen molar-refractivity contribution in [1.82, 2.24) is 9.97 Å². The second-order valence-electron chi connectivity index (χ2n) is 13.2. The highest BCUT2D eigenvalue weighted by Gasteiger charge is 2.72. The molecule has 0 bridgehead atoms. The van der Waals surface area contributed by atoms with Crippen molar-refractivity contribution >= 4 is 39.9 Å². The molecule has 238 valence electrons. The summed E-state index contributed by atoms with van der Waals surface area (Å²) in [6.07, 6.45) is 0. The van der Waals surface area contributed by atoms with Gasteiger partial charge in [0.1, 0.15) is 6.07 Å². The summed E-state index contributed by atoms with van der Waals surface area (Å²) in [6.45, 7) is 7.85. The second kappa shape index (κ2) is 11.0. The number of anilines is 6. The van der Waals surface area contributed by atoms with Gasteiger partial charge in [0.05, 0.1) is 11.6 Å². The fourth-order valence-electron chi connectivity index (χ4n) is 8.83. The molecule has 6 aromatic carbocycles. The molecule has 3 unspecified atom stereocenters. The Hall–Kier alpha value is -7.02. The van der Waals surface area contributed by atoms with Crippen LogP contribution in [0.4, 0.5) is 39.9 Å². The molecule has 0 N–H and O–H groups in total. The van der Waals surface area contributed by atoms with Crippen molar-refractivity contribution in [3.63, 3.8) is 0 Å². The predicted octanol–water partition coefficient (Wildman–Crippen LogP) is 10.7. The van der Waals surface area contributed by atoms with Crippen molar-refractivity contribution in [2.45, 2.75) is 17.3 Å². The van der Waals surface area contributed by atoms with E-state index in [-0.39, 0.29) is 23.3 Å². The third kappa shape index (κ3) is 3.96. The second-order valence-corrected chi connectivity index (χ2v) is 13.2. The molecular weight excluding hydrogens is 625 g/mol. The van der Waals surface area contributed by atoms with Gasteiger partial charge >= 0.3 is 5.82 Å². The molecule has 3 atom stereocenters. The van der Waals surface area contributed by atoms with Crippen LogP contribution in [0, 0.1) is 17.9 Å². The van der Waals surface area contributed by atoms with E-state index in [9.17, 15) is 5.26 Å². The quantitative estimate of drug-likeness (QED) is 0.167. The number of benzene rings is 6. The molecule has 0 amide bonds. The van der Waals surface area contributed by atoms with Crippen molar-refractivity contribution in [1.29, 1.82) is 5.26 Å². The fraction of sp³-hybridized carbons (Fsp3) is 0.0667. The zero-order valence-electron chi connectivity index (χ0n) is 27.3. The Morgan fingerprint density at radius 2 is 1.00 bits per heavy atom. The van der Waals surface area contributed by atoms with Crippen LogP contribution in [0.15, 0.2) is 158 Å². The maximum Gasteiger partial charge on any atom is 0.306 e. The van der Waals surface area contributed by atoms with E-state index in [1.807, 2.05) is 24.3 Å². The molecule has 1 spiro atoms. The minimum atomic E-state index is -0.391. The largest absolute Gasteiger partial charge is 0.358 e. The summed E-state index contributed by atoms with van der Waals surface area (Å²) in [7, 11) is 0. The number of nitriles is 1. The number of rotatable bonds is 6. The van der Waals surface area contributed by atoms with Gasteiger partial charge in [-0.25, -0.2) is 4.98 Å². The van der Waals surface area contributed by atoms with E-state index >= 15 is 0 Å². The summed E-state index contributed by atoms with van der Waals surface area (Å²) in [5.41, 5.74) is 12.6. The lowest BCUT2D eigenvalue weighted by molar-refractivity contribution is 0.329. The molecule has 0 saturated heterocycles. The topological polar surface area (TPSA) is 60.4 Å². The Labute approximate surface area is 296 Å². The normalized spacial score (nSPS) is 18.2. The van der Waals surface area contributed by atoms with Gasteiger partial charge in [0.2, 0.25) is 0 Å². The first kappa shape index (κ1) is 28.9. The summed E-state index contributed by atoms with van der Waals surface area (Å²) in [5, 5.41) is 9.99. The summed E-state index contributed by atoms with van der Waals surface area (Å²) < 4.78 is 0. The minimum absolute atomic E-state index is 0.0551. The van der Waals surface area contributed by atoms with Crippen LogP contribution in [0.1, 0.15) is 51.2 Å². The van der Waals surface area contributed by atoms with Crippen LogP contribution in [-0.4, -0.2) is 9.97 Å². The fourth-order valence-corrected chi connectivity index (χ4v) is 8.83. The zero-order chi connectivity index (χ0) is 34.1. The van der Waals surface area contributed by atoms with E-state index < -0.39 is 5.41 Å². The third-order valence-corrected chi connectivity index (χ3v) is 10.8. The van der Waals surface area contributed by atoms with Crippen molar-refractivity contribution in [2.24, 2.45) is 0 Å². The van der Waals surface area contributed by atoms with E-state index in [0.717, 1.165) is 45.5 Å². The first-order valence-electron chi connectivity index (χ1n) is 17.0. The standard InChI is InChI=1S/C45H28N6/c1-47-44-39(28-46)48-42-40-35-24-22-34(51(31-18-10-4-11-19-31)32-20-12-5-13-21-32)27-38(35)45(40)37-25-23-33(26-36(37)41(45)43(42)49-44)50(29-14-6-2-7-15-29)30-16-8-3-9-17-30/h2-27,40-41H. The van der Waals surface area contributed by atoms with E-state index in [0.29, 0.717) is 0 Å².